The van der Waals surface area contributed by atoms with Gasteiger partial charge >= 0.3 is 48.6 Å². The standard InChI is InChI=1S/C33H40F18O3/c1-4-25(29(37,38)39,14-23(2)20-10-16-9-17(12-20)13-21(23)11-16)15-24(3,28(34,35)36)22(52)54-27(32(46,47)48,33(49,50)51)19-7-5-18(6-8-19)26(53,30(40,41)42)31(43,44)45/h16-21,53H,4-15H2,1-3H3. The highest BCUT2D eigenvalue weighted by atomic mass is 19.4. The van der Waals surface area contributed by atoms with Crippen molar-refractivity contribution in [3.05, 3.63) is 0 Å². The van der Waals surface area contributed by atoms with E-state index >= 15 is 13.2 Å². The van der Waals surface area contributed by atoms with Crippen LogP contribution in [0.5, 0.6) is 0 Å². The molecule has 0 aliphatic heterocycles. The fraction of sp³-hybridized carbons (Fsp3) is 0.970. The Bertz CT molecular complexity index is 1310. The first kappa shape index (κ1) is 44.9. The van der Waals surface area contributed by atoms with Crippen molar-refractivity contribution < 1.29 is 93.7 Å². The molecular formula is C33H40F18O3. The summed E-state index contributed by atoms with van der Waals surface area (Å²) in [5.74, 6) is -10.3. The average molecular weight is 827 g/mol. The van der Waals surface area contributed by atoms with Crippen LogP contribution in [0, 0.1) is 51.8 Å². The lowest BCUT2D eigenvalue weighted by atomic mass is 9.43. The second-order valence-corrected chi connectivity index (χ2v) is 16.6. The molecule has 0 aromatic carbocycles. The van der Waals surface area contributed by atoms with Crippen LogP contribution < -0.4 is 0 Å². The summed E-state index contributed by atoms with van der Waals surface area (Å²) in [6, 6.07) is 0. The van der Waals surface area contributed by atoms with Gasteiger partial charge in [-0.15, -0.1) is 0 Å². The monoisotopic (exact) mass is 826 g/mol. The van der Waals surface area contributed by atoms with E-state index in [1.807, 2.05) is 0 Å². The third-order valence-corrected chi connectivity index (χ3v) is 13.6. The highest BCUT2D eigenvalue weighted by Crippen LogP contribution is 2.69. The van der Waals surface area contributed by atoms with Gasteiger partial charge in [0.1, 0.15) is 0 Å². The molecule has 3 nitrogen and oxygen atoms in total. The van der Waals surface area contributed by atoms with Gasteiger partial charge in [0.25, 0.3) is 5.60 Å². The van der Waals surface area contributed by atoms with Gasteiger partial charge in [0, 0.05) is 11.8 Å². The fourth-order valence-corrected chi connectivity index (χ4v) is 10.6. The molecule has 0 aromatic rings. The lowest BCUT2D eigenvalue weighted by molar-refractivity contribution is -0.401. The van der Waals surface area contributed by atoms with E-state index in [9.17, 15) is 75.8 Å². The Morgan fingerprint density at radius 3 is 1.31 bits per heavy atom. The van der Waals surface area contributed by atoms with Crippen LogP contribution in [0.4, 0.5) is 79.0 Å². The molecule has 0 amide bonds. The normalized spacial score (nSPS) is 32.6. The van der Waals surface area contributed by atoms with Crippen LogP contribution in [0.3, 0.4) is 0 Å². The van der Waals surface area contributed by atoms with Crippen molar-refractivity contribution in [2.24, 2.45) is 51.8 Å². The Morgan fingerprint density at radius 2 is 1.00 bits per heavy atom. The number of hydrogen-bond donors (Lipinski definition) is 1. The first-order chi connectivity index (χ1) is 24.0. The summed E-state index contributed by atoms with van der Waals surface area (Å²) in [5, 5.41) is 9.66. The number of halogens is 18. The van der Waals surface area contributed by atoms with Crippen LogP contribution in [-0.4, -0.2) is 59.3 Å². The quantitative estimate of drug-likeness (QED) is 0.186. The molecular weight excluding hydrogens is 786 g/mol. The van der Waals surface area contributed by atoms with Crippen molar-refractivity contribution in [3.63, 3.8) is 0 Å². The van der Waals surface area contributed by atoms with Crippen LogP contribution in [0.2, 0.25) is 0 Å². The molecule has 2 atom stereocenters. The van der Waals surface area contributed by atoms with Gasteiger partial charge in [-0.25, -0.2) is 0 Å². The fourth-order valence-electron chi connectivity index (χ4n) is 10.6. The lowest BCUT2D eigenvalue weighted by Gasteiger charge is -2.62. The molecule has 0 saturated heterocycles. The molecule has 2 unspecified atom stereocenters. The number of hydrogen-bond acceptors (Lipinski definition) is 3. The zero-order chi connectivity index (χ0) is 41.7. The molecule has 5 fully saturated rings. The molecule has 316 valence electrons. The van der Waals surface area contributed by atoms with Gasteiger partial charge < -0.3 is 9.84 Å². The number of aliphatic hydroxyl groups is 1. The van der Waals surface area contributed by atoms with E-state index in [1.54, 1.807) is 0 Å². The molecule has 0 aromatic heterocycles. The average Bonchev–Trinajstić information content (AvgIpc) is 2.98. The van der Waals surface area contributed by atoms with E-state index in [-0.39, 0.29) is 18.8 Å². The third-order valence-electron chi connectivity index (χ3n) is 13.6. The summed E-state index contributed by atoms with van der Waals surface area (Å²) < 4.78 is 263. The van der Waals surface area contributed by atoms with Crippen LogP contribution in [0.15, 0.2) is 0 Å². The molecule has 5 aliphatic carbocycles. The Labute approximate surface area is 297 Å². The van der Waals surface area contributed by atoms with E-state index < -0.39 is 139 Å². The highest BCUT2D eigenvalue weighted by molar-refractivity contribution is 5.78. The van der Waals surface area contributed by atoms with Gasteiger partial charge in [0.15, 0.2) is 5.41 Å². The molecule has 0 heterocycles. The predicted molar refractivity (Wildman–Crippen MR) is 151 cm³/mol. The van der Waals surface area contributed by atoms with Crippen molar-refractivity contribution in [3.8, 4) is 0 Å². The molecule has 0 spiro atoms. The minimum Gasteiger partial charge on any atom is -0.438 e. The molecule has 5 saturated carbocycles. The SMILES string of the molecule is CCC(CC1(C)C2CC3CC(C2)CC1C3)(CC(C)(C(=O)OC(C1CCC(C(O)(C(F)(F)F)C(F)(F)F)CC1)(C(F)(F)F)C(F)(F)F)C(F)(F)F)C(F)(F)F. The first-order valence-electron chi connectivity index (χ1n) is 17.3. The van der Waals surface area contributed by atoms with Crippen LogP contribution in [0.1, 0.15) is 97.8 Å². The number of ether oxygens (including phenoxy) is 1. The molecule has 5 aliphatic rings. The topological polar surface area (TPSA) is 46.5 Å². The van der Waals surface area contributed by atoms with Crippen molar-refractivity contribution in [2.45, 2.75) is 146 Å². The summed E-state index contributed by atoms with van der Waals surface area (Å²) in [5.41, 5.74) is -21.1. The van der Waals surface area contributed by atoms with E-state index in [4.69, 9.17) is 0 Å². The molecule has 54 heavy (non-hydrogen) atoms. The first-order valence-corrected chi connectivity index (χ1v) is 17.3. The number of carbonyl (C=O) groups excluding carboxylic acids is 1. The molecule has 5 rings (SSSR count). The van der Waals surface area contributed by atoms with Gasteiger partial charge in [-0.1, -0.05) is 13.8 Å². The van der Waals surface area contributed by atoms with E-state index in [0.29, 0.717) is 25.7 Å². The van der Waals surface area contributed by atoms with Crippen LogP contribution >= 0.6 is 0 Å². The van der Waals surface area contributed by atoms with Gasteiger partial charge in [-0.2, -0.15) is 79.0 Å². The molecule has 1 N–H and O–H groups in total. The lowest BCUT2D eigenvalue weighted by Crippen LogP contribution is -2.67. The largest absolute Gasteiger partial charge is 0.438 e. The van der Waals surface area contributed by atoms with Gasteiger partial charge in [-0.05, 0) is 113 Å². The Balaban J connectivity index is 1.77. The summed E-state index contributed by atoms with van der Waals surface area (Å²) in [4.78, 5) is 13.4. The van der Waals surface area contributed by atoms with Crippen molar-refractivity contribution in [1.29, 1.82) is 0 Å². The summed E-state index contributed by atoms with van der Waals surface area (Å²) >= 11 is 0. The predicted octanol–water partition coefficient (Wildman–Crippen LogP) is 11.8. The Kier molecular flexibility index (Phi) is 11.1. The zero-order valence-corrected chi connectivity index (χ0v) is 29.0. The van der Waals surface area contributed by atoms with Crippen LogP contribution in [-0.2, 0) is 9.53 Å². The minimum absolute atomic E-state index is 0.168. The summed E-state index contributed by atoms with van der Waals surface area (Å²) in [6.07, 6.45) is -48.4. The third kappa shape index (κ3) is 6.94. The van der Waals surface area contributed by atoms with E-state index in [2.05, 4.69) is 4.74 Å². The van der Waals surface area contributed by atoms with Gasteiger partial charge in [-0.3, -0.25) is 4.79 Å². The van der Waals surface area contributed by atoms with Crippen molar-refractivity contribution >= 4 is 5.97 Å². The maximum Gasteiger partial charge on any atom is 0.437 e. The summed E-state index contributed by atoms with van der Waals surface area (Å²) in [6.45, 7) is 1.98. The Morgan fingerprint density at radius 1 is 0.611 bits per heavy atom. The van der Waals surface area contributed by atoms with Gasteiger partial charge in [0.2, 0.25) is 0 Å². The minimum atomic E-state index is -6.95. The maximum absolute atomic E-state index is 15.2. The smallest absolute Gasteiger partial charge is 0.437 e. The maximum atomic E-state index is 15.2. The number of rotatable bonds is 9. The second-order valence-electron chi connectivity index (χ2n) is 16.6. The van der Waals surface area contributed by atoms with Crippen molar-refractivity contribution in [1.82, 2.24) is 0 Å². The highest BCUT2D eigenvalue weighted by Gasteiger charge is 2.80. The van der Waals surface area contributed by atoms with Crippen molar-refractivity contribution in [2.75, 3.05) is 0 Å². The molecule has 0 radical (unpaired) electrons. The zero-order valence-electron chi connectivity index (χ0n) is 29.0. The van der Waals surface area contributed by atoms with Crippen LogP contribution in [0.25, 0.3) is 0 Å². The van der Waals surface area contributed by atoms with E-state index in [0.717, 1.165) is 13.3 Å². The summed E-state index contributed by atoms with van der Waals surface area (Å²) in [7, 11) is 0. The molecule has 4 bridgehead atoms. The van der Waals surface area contributed by atoms with E-state index in [1.165, 1.54) is 6.92 Å². The molecule has 21 heteroatoms. The second kappa shape index (κ2) is 13.4. The number of alkyl halides is 18. The number of carbonyl (C=O) groups is 1. The van der Waals surface area contributed by atoms with Gasteiger partial charge in [0.05, 0.1) is 5.41 Å². The Hall–Kier alpha value is -1.83. The number of esters is 1.